The number of imidazole rings is 1. The van der Waals surface area contributed by atoms with Crippen molar-refractivity contribution in [3.63, 3.8) is 0 Å². The van der Waals surface area contributed by atoms with E-state index in [0.29, 0.717) is 36.9 Å². The first kappa shape index (κ1) is 20.9. The Kier molecular flexibility index (Phi) is 6.10. The molecule has 164 valence electrons. The van der Waals surface area contributed by atoms with Gasteiger partial charge in [-0.05, 0) is 26.2 Å². The largest absolute Gasteiger partial charge is 0.490 e. The summed E-state index contributed by atoms with van der Waals surface area (Å²) in [4.78, 5) is 15.4. The van der Waals surface area contributed by atoms with Crippen LogP contribution in [0.2, 0.25) is 0 Å². The zero-order valence-electron chi connectivity index (χ0n) is 17.5. The molecule has 1 aromatic heterocycles. The van der Waals surface area contributed by atoms with Crippen LogP contribution in [0, 0.1) is 5.82 Å². The molecule has 2 aliphatic rings. The predicted octanol–water partition coefficient (Wildman–Crippen LogP) is 2.68. The number of hydrogen-bond donors (Lipinski definition) is 1. The van der Waals surface area contributed by atoms with E-state index in [9.17, 15) is 9.18 Å². The molecule has 0 spiro atoms. The highest BCUT2D eigenvalue weighted by atomic mass is 19.1. The van der Waals surface area contributed by atoms with Gasteiger partial charge in [-0.15, -0.1) is 0 Å². The summed E-state index contributed by atoms with van der Waals surface area (Å²) in [5.41, 5.74) is 0.862. The molecule has 0 unspecified atom stereocenters. The van der Waals surface area contributed by atoms with Gasteiger partial charge in [0.2, 0.25) is 5.91 Å². The molecule has 0 bridgehead atoms. The van der Waals surface area contributed by atoms with Gasteiger partial charge in [-0.2, -0.15) is 4.98 Å². The highest BCUT2D eigenvalue weighted by Gasteiger charge is 2.27. The van der Waals surface area contributed by atoms with Crippen LogP contribution in [-0.2, 0) is 21.3 Å². The molecule has 0 radical (unpaired) electrons. The van der Waals surface area contributed by atoms with Crippen LogP contribution in [0.15, 0.2) is 12.1 Å². The maximum atomic E-state index is 14.5. The van der Waals surface area contributed by atoms with Gasteiger partial charge >= 0.3 is 0 Å². The molecule has 8 nitrogen and oxygen atoms in total. The molecule has 30 heavy (non-hydrogen) atoms. The summed E-state index contributed by atoms with van der Waals surface area (Å²) >= 11 is 0. The Morgan fingerprint density at radius 3 is 2.70 bits per heavy atom. The Labute approximate surface area is 174 Å². The number of ether oxygens (including phenoxy) is 4. The zero-order valence-corrected chi connectivity index (χ0v) is 17.5. The van der Waals surface area contributed by atoms with Crippen LogP contribution in [0.25, 0.3) is 11.0 Å². The molecule has 2 heterocycles. The molecule has 4 rings (SSSR count). The Morgan fingerprint density at radius 2 is 2.03 bits per heavy atom. The van der Waals surface area contributed by atoms with Gasteiger partial charge in [0.1, 0.15) is 17.4 Å². The molecule has 1 aliphatic heterocycles. The van der Waals surface area contributed by atoms with Crippen molar-refractivity contribution < 1.29 is 28.1 Å². The van der Waals surface area contributed by atoms with E-state index in [0.717, 1.165) is 19.3 Å². The number of halogens is 1. The maximum absolute atomic E-state index is 14.5. The molecule has 1 saturated heterocycles. The minimum Gasteiger partial charge on any atom is -0.490 e. The number of nitrogens with one attached hydrogen (secondary N) is 1. The smallest absolute Gasteiger partial charge is 0.297 e. The molecular formula is C21H28FN3O5. The van der Waals surface area contributed by atoms with E-state index in [2.05, 4.69) is 10.3 Å². The fourth-order valence-electron chi connectivity index (χ4n) is 3.47. The number of benzene rings is 1. The van der Waals surface area contributed by atoms with Crippen molar-refractivity contribution in [2.24, 2.45) is 7.05 Å². The Bertz CT molecular complexity index is 906. The minimum absolute atomic E-state index is 0.0495. The third-order valence-corrected chi connectivity index (χ3v) is 5.19. The molecule has 2 fully saturated rings. The van der Waals surface area contributed by atoms with E-state index >= 15 is 0 Å². The van der Waals surface area contributed by atoms with Crippen LogP contribution < -0.4 is 14.8 Å². The fraction of sp³-hybridized carbons (Fsp3) is 0.619. The topological polar surface area (TPSA) is 83.8 Å². The predicted molar refractivity (Wildman–Crippen MR) is 107 cm³/mol. The Hall–Kier alpha value is -2.39. The molecule has 1 amide bonds. The number of amides is 1. The SMILES string of the molecule is CC(=O)N[C@@H](C)CCC1OCC(Oc2nc3c(F)cc(OC4CC4)cc3n2C)CO1. The van der Waals surface area contributed by atoms with Crippen LogP contribution in [0.5, 0.6) is 11.8 Å². The molecule has 9 heteroatoms. The van der Waals surface area contributed by atoms with Gasteiger partial charge in [-0.25, -0.2) is 4.39 Å². The second kappa shape index (κ2) is 8.77. The molecular weight excluding hydrogens is 393 g/mol. The molecule has 1 saturated carbocycles. The summed E-state index contributed by atoms with van der Waals surface area (Å²) in [6, 6.07) is 3.53. The van der Waals surface area contributed by atoms with Crippen LogP contribution in [0.1, 0.15) is 39.5 Å². The van der Waals surface area contributed by atoms with Crippen molar-refractivity contribution in [3.05, 3.63) is 17.9 Å². The van der Waals surface area contributed by atoms with Crippen LogP contribution in [0.3, 0.4) is 0 Å². The number of fused-ring (bicyclic) bond motifs is 1. The second-order valence-corrected chi connectivity index (χ2v) is 8.06. The first-order valence-corrected chi connectivity index (χ1v) is 10.4. The van der Waals surface area contributed by atoms with Crippen molar-refractivity contribution >= 4 is 16.9 Å². The summed E-state index contributed by atoms with van der Waals surface area (Å²) in [7, 11) is 1.78. The van der Waals surface area contributed by atoms with Gasteiger partial charge in [0.15, 0.2) is 12.1 Å². The van der Waals surface area contributed by atoms with Crippen molar-refractivity contribution in [2.75, 3.05) is 13.2 Å². The van der Waals surface area contributed by atoms with E-state index < -0.39 is 5.82 Å². The average molecular weight is 421 g/mol. The van der Waals surface area contributed by atoms with E-state index in [-0.39, 0.29) is 36.0 Å². The molecule has 1 aliphatic carbocycles. The van der Waals surface area contributed by atoms with Crippen LogP contribution >= 0.6 is 0 Å². The Morgan fingerprint density at radius 1 is 1.30 bits per heavy atom. The average Bonchev–Trinajstić information content (AvgIpc) is 3.45. The number of hydrogen-bond acceptors (Lipinski definition) is 6. The van der Waals surface area contributed by atoms with E-state index in [4.69, 9.17) is 18.9 Å². The lowest BCUT2D eigenvalue weighted by molar-refractivity contribution is -0.215. The zero-order chi connectivity index (χ0) is 21.3. The third kappa shape index (κ3) is 5.02. The standard InChI is InChI=1S/C21H28FN3O5/c1-12(23-13(2)26)4-7-19-27-10-16(11-28-19)30-21-24-20-17(22)8-15(29-14-5-6-14)9-18(20)25(21)3/h8-9,12,14,16,19H,4-7,10-11H2,1-3H3,(H,23,26)/t12-,16?,19?/m0/s1. The van der Waals surface area contributed by atoms with Gasteiger partial charge in [0, 0.05) is 38.6 Å². The minimum atomic E-state index is -0.432. The summed E-state index contributed by atoms with van der Waals surface area (Å²) in [6.07, 6.45) is 2.97. The summed E-state index contributed by atoms with van der Waals surface area (Å²) < 4.78 is 39.3. The summed E-state index contributed by atoms with van der Waals surface area (Å²) in [6.45, 7) is 4.14. The number of carbonyl (C=O) groups is 1. The normalized spacial score (nSPS) is 22.7. The maximum Gasteiger partial charge on any atom is 0.297 e. The van der Waals surface area contributed by atoms with Gasteiger partial charge in [-0.3, -0.25) is 9.36 Å². The number of aromatic nitrogens is 2. The van der Waals surface area contributed by atoms with E-state index in [1.165, 1.54) is 13.0 Å². The van der Waals surface area contributed by atoms with Gasteiger partial charge in [0.25, 0.3) is 6.01 Å². The lowest BCUT2D eigenvalue weighted by Gasteiger charge is -2.30. The van der Waals surface area contributed by atoms with Crippen molar-refractivity contribution in [2.45, 2.75) is 64.1 Å². The quantitative estimate of drug-likeness (QED) is 0.706. The number of nitrogens with zero attached hydrogens (tertiary/aromatic N) is 2. The first-order chi connectivity index (χ1) is 14.4. The number of carbonyl (C=O) groups excluding carboxylic acids is 1. The highest BCUT2D eigenvalue weighted by Crippen LogP contribution is 2.32. The lowest BCUT2D eigenvalue weighted by atomic mass is 10.1. The van der Waals surface area contributed by atoms with E-state index in [1.54, 1.807) is 17.7 Å². The highest BCUT2D eigenvalue weighted by molar-refractivity contribution is 5.79. The number of rotatable bonds is 8. The van der Waals surface area contributed by atoms with E-state index in [1.807, 2.05) is 6.92 Å². The summed E-state index contributed by atoms with van der Waals surface area (Å²) in [5.74, 6) is 0.0300. The van der Waals surface area contributed by atoms with Crippen LogP contribution in [0.4, 0.5) is 4.39 Å². The van der Waals surface area contributed by atoms with Gasteiger partial charge < -0.3 is 24.3 Å². The van der Waals surface area contributed by atoms with Gasteiger partial charge in [-0.1, -0.05) is 0 Å². The number of aryl methyl sites for hydroxylation is 1. The molecule has 1 N–H and O–H groups in total. The Balaban J connectivity index is 1.33. The third-order valence-electron chi connectivity index (χ3n) is 5.19. The van der Waals surface area contributed by atoms with Crippen molar-refractivity contribution in [1.82, 2.24) is 14.9 Å². The first-order valence-electron chi connectivity index (χ1n) is 10.4. The lowest BCUT2D eigenvalue weighted by Crippen LogP contribution is -2.40. The molecule has 1 atom stereocenters. The van der Waals surface area contributed by atoms with Crippen molar-refractivity contribution in [1.29, 1.82) is 0 Å². The monoisotopic (exact) mass is 421 g/mol. The van der Waals surface area contributed by atoms with Gasteiger partial charge in [0.05, 0.1) is 24.8 Å². The van der Waals surface area contributed by atoms with Crippen molar-refractivity contribution in [3.8, 4) is 11.8 Å². The second-order valence-electron chi connectivity index (χ2n) is 8.06. The molecule has 1 aromatic carbocycles. The molecule has 2 aromatic rings. The van der Waals surface area contributed by atoms with Crippen LogP contribution in [-0.4, -0.2) is 53.2 Å². The summed E-state index contributed by atoms with van der Waals surface area (Å²) in [5, 5.41) is 2.84. The fourth-order valence-corrected chi connectivity index (χ4v) is 3.47.